The molecule has 3 rings (SSSR count). The number of aryl methyl sites for hydroxylation is 1. The summed E-state index contributed by atoms with van der Waals surface area (Å²) in [6, 6.07) is 9.49. The van der Waals surface area contributed by atoms with Crippen LogP contribution in [0.3, 0.4) is 0 Å². The summed E-state index contributed by atoms with van der Waals surface area (Å²) in [5, 5.41) is 3.98. The van der Waals surface area contributed by atoms with Crippen molar-refractivity contribution in [2.24, 2.45) is 0 Å². The molecule has 0 spiro atoms. The average molecular weight is 600 g/mol. The van der Waals surface area contributed by atoms with Gasteiger partial charge in [-0.1, -0.05) is 42.1 Å². The summed E-state index contributed by atoms with van der Waals surface area (Å²) in [5.74, 6) is 0.893. The number of carbonyl (C=O) groups excluding carboxylic acids is 1. The van der Waals surface area contributed by atoms with Crippen molar-refractivity contribution in [1.82, 2.24) is 24.6 Å². The molecular formula is C24H29BrCl2N6OS. The normalized spacial score (nSPS) is 10.9. The number of pyridine rings is 1. The highest BCUT2D eigenvalue weighted by atomic mass is 79.9. The molecule has 2 heterocycles. The molecule has 1 aromatic carbocycles. The van der Waals surface area contributed by atoms with E-state index in [9.17, 15) is 4.79 Å². The molecule has 0 aliphatic carbocycles. The first-order valence-corrected chi connectivity index (χ1v) is 13.4. The number of thiol groups is 1. The maximum absolute atomic E-state index is 12.2. The summed E-state index contributed by atoms with van der Waals surface area (Å²) < 4.78 is 2.38. The van der Waals surface area contributed by atoms with Gasteiger partial charge in [0.25, 0.3) is 0 Å². The van der Waals surface area contributed by atoms with Gasteiger partial charge in [-0.15, -0.1) is 0 Å². The highest BCUT2D eigenvalue weighted by Gasteiger charge is 2.12. The van der Waals surface area contributed by atoms with Crippen molar-refractivity contribution in [2.45, 2.75) is 38.6 Å². The number of anilines is 1. The summed E-state index contributed by atoms with van der Waals surface area (Å²) in [4.78, 5) is 26.1. The van der Waals surface area contributed by atoms with Gasteiger partial charge in [-0.25, -0.2) is 14.8 Å². The number of carbonyl (C=O) groups is 1. The number of amides is 2. The van der Waals surface area contributed by atoms with Crippen molar-refractivity contribution in [3.63, 3.8) is 0 Å². The quantitative estimate of drug-likeness (QED) is 0.154. The fourth-order valence-corrected chi connectivity index (χ4v) is 4.28. The average Bonchev–Trinajstić information content (AvgIpc) is 3.37. The van der Waals surface area contributed by atoms with Crippen LogP contribution in [0.1, 0.15) is 36.9 Å². The molecule has 0 saturated heterocycles. The second-order valence-corrected chi connectivity index (χ2v) is 10.3. The number of rotatable bonds is 13. The Morgan fingerprint density at radius 3 is 2.60 bits per heavy atom. The van der Waals surface area contributed by atoms with Crippen LogP contribution in [0.25, 0.3) is 0 Å². The van der Waals surface area contributed by atoms with Gasteiger partial charge in [0.05, 0.1) is 22.1 Å². The molecule has 0 radical (unpaired) electrons. The summed E-state index contributed by atoms with van der Waals surface area (Å²) in [6.07, 6.45) is 9.74. The topological polar surface area (TPSA) is 77.2 Å². The molecule has 2 amide bonds. The fraction of sp³-hybridized carbons (Fsp3) is 0.375. The van der Waals surface area contributed by atoms with Crippen LogP contribution in [0.5, 0.6) is 0 Å². The minimum Gasteiger partial charge on any atom is -0.352 e. The Morgan fingerprint density at radius 1 is 1.06 bits per heavy atom. The molecule has 0 bridgehead atoms. The Balaban J connectivity index is 1.40. The fourth-order valence-electron chi connectivity index (χ4n) is 3.51. The molecule has 0 unspecified atom stereocenters. The molecule has 35 heavy (non-hydrogen) atoms. The van der Waals surface area contributed by atoms with Crippen LogP contribution >= 0.6 is 51.9 Å². The van der Waals surface area contributed by atoms with E-state index in [1.807, 2.05) is 36.5 Å². The van der Waals surface area contributed by atoms with Crippen molar-refractivity contribution in [2.75, 3.05) is 24.5 Å². The lowest BCUT2D eigenvalue weighted by molar-refractivity contribution is 0.225. The zero-order valence-corrected chi connectivity index (χ0v) is 23.3. The highest BCUT2D eigenvalue weighted by molar-refractivity contribution is 9.10. The second kappa shape index (κ2) is 14.6. The third-order valence-electron chi connectivity index (χ3n) is 5.37. The number of aromatic amines is 1. The van der Waals surface area contributed by atoms with Crippen LogP contribution in [-0.4, -0.2) is 44.9 Å². The van der Waals surface area contributed by atoms with Crippen molar-refractivity contribution >= 4 is 63.8 Å². The summed E-state index contributed by atoms with van der Waals surface area (Å²) in [5.41, 5.74) is 2.06. The standard InChI is InChI=1S/C24H29BrCl2N6OS/c25-19-7-9-23(30-14-19)32(16-18-6-8-21(26)22(27)13-18)11-2-1-3-12-33(35)24(34)29-10-4-5-20-15-28-17-31-20/h6-9,13-15,17,35H,1-5,10-12,16H2,(H,28,31)(H,29,34). The molecule has 0 fully saturated rings. The number of unbranched alkanes of at least 4 members (excludes halogenated alkanes) is 2. The van der Waals surface area contributed by atoms with Gasteiger partial charge in [-0.2, -0.15) is 0 Å². The van der Waals surface area contributed by atoms with Crippen molar-refractivity contribution in [3.8, 4) is 0 Å². The van der Waals surface area contributed by atoms with E-state index in [-0.39, 0.29) is 6.03 Å². The molecule has 2 N–H and O–H groups in total. The van der Waals surface area contributed by atoms with Gasteiger partial charge in [0.2, 0.25) is 0 Å². The largest absolute Gasteiger partial charge is 0.352 e. The SMILES string of the molecule is O=C(NCCCc1c[nH]cn1)N(S)CCCCCN(Cc1ccc(Cl)c(Cl)c1)c1ccc(Br)cn1. The van der Waals surface area contributed by atoms with E-state index in [4.69, 9.17) is 23.2 Å². The molecule has 11 heteroatoms. The molecule has 0 aliphatic rings. The monoisotopic (exact) mass is 598 g/mol. The van der Waals surface area contributed by atoms with Crippen LogP contribution < -0.4 is 10.2 Å². The minimum absolute atomic E-state index is 0.171. The predicted molar refractivity (Wildman–Crippen MR) is 149 cm³/mol. The Morgan fingerprint density at radius 2 is 1.89 bits per heavy atom. The number of nitrogens with zero attached hydrogens (tertiary/aromatic N) is 4. The third kappa shape index (κ3) is 9.56. The maximum atomic E-state index is 12.2. The number of aromatic nitrogens is 3. The van der Waals surface area contributed by atoms with Crippen LogP contribution in [0.2, 0.25) is 10.0 Å². The number of hydrogen-bond donors (Lipinski definition) is 3. The predicted octanol–water partition coefficient (Wildman–Crippen LogP) is 6.54. The first kappa shape index (κ1) is 27.6. The second-order valence-electron chi connectivity index (χ2n) is 8.08. The Labute approximate surface area is 230 Å². The van der Waals surface area contributed by atoms with E-state index in [2.05, 4.69) is 53.9 Å². The number of H-pyrrole nitrogens is 1. The molecule has 0 aliphatic heterocycles. The molecule has 0 saturated carbocycles. The lowest BCUT2D eigenvalue weighted by Gasteiger charge is -2.24. The summed E-state index contributed by atoms with van der Waals surface area (Å²) in [6.45, 7) is 2.66. The van der Waals surface area contributed by atoms with E-state index in [0.717, 1.165) is 60.2 Å². The van der Waals surface area contributed by atoms with E-state index < -0.39 is 0 Å². The van der Waals surface area contributed by atoms with Gasteiger partial charge in [-0.05, 0) is 77.9 Å². The van der Waals surface area contributed by atoms with Crippen molar-refractivity contribution in [1.29, 1.82) is 0 Å². The number of benzene rings is 1. The third-order valence-corrected chi connectivity index (χ3v) is 6.96. The van der Waals surface area contributed by atoms with Crippen LogP contribution in [0.4, 0.5) is 10.6 Å². The first-order chi connectivity index (χ1) is 16.9. The van der Waals surface area contributed by atoms with Crippen molar-refractivity contribution in [3.05, 3.63) is 74.8 Å². The number of imidazole rings is 1. The van der Waals surface area contributed by atoms with Gasteiger partial charge in [0.15, 0.2) is 0 Å². The summed E-state index contributed by atoms with van der Waals surface area (Å²) in [7, 11) is 0. The van der Waals surface area contributed by atoms with Gasteiger partial charge in [-0.3, -0.25) is 4.31 Å². The minimum atomic E-state index is -0.171. The number of nitrogens with one attached hydrogen (secondary N) is 2. The molecule has 3 aromatic rings. The van der Waals surface area contributed by atoms with Gasteiger partial charge < -0.3 is 15.2 Å². The molecular weight excluding hydrogens is 571 g/mol. The number of hydrogen-bond acceptors (Lipinski definition) is 5. The Kier molecular flexibility index (Phi) is 11.5. The number of halogens is 3. The first-order valence-electron chi connectivity index (χ1n) is 11.4. The zero-order chi connectivity index (χ0) is 25.0. The van der Waals surface area contributed by atoms with Gasteiger partial charge >= 0.3 is 6.03 Å². The zero-order valence-electron chi connectivity index (χ0n) is 19.3. The molecule has 7 nitrogen and oxygen atoms in total. The number of urea groups is 1. The van der Waals surface area contributed by atoms with Gasteiger partial charge in [0, 0.05) is 43.0 Å². The molecule has 0 atom stereocenters. The smallest absolute Gasteiger partial charge is 0.327 e. The van der Waals surface area contributed by atoms with Crippen LogP contribution in [0.15, 0.2) is 53.5 Å². The van der Waals surface area contributed by atoms with E-state index in [0.29, 0.717) is 29.7 Å². The Hall–Kier alpha value is -1.94. The summed E-state index contributed by atoms with van der Waals surface area (Å²) >= 11 is 20.1. The van der Waals surface area contributed by atoms with Crippen molar-refractivity contribution < 1.29 is 4.79 Å². The Bertz CT molecular complexity index is 1050. The maximum Gasteiger partial charge on any atom is 0.327 e. The highest BCUT2D eigenvalue weighted by Crippen LogP contribution is 2.25. The molecule has 2 aromatic heterocycles. The van der Waals surface area contributed by atoms with Crippen LogP contribution in [0, 0.1) is 0 Å². The molecule has 188 valence electrons. The van der Waals surface area contributed by atoms with E-state index in [1.165, 1.54) is 4.31 Å². The van der Waals surface area contributed by atoms with Crippen LogP contribution in [-0.2, 0) is 13.0 Å². The lowest BCUT2D eigenvalue weighted by Crippen LogP contribution is -2.35. The van der Waals surface area contributed by atoms with Gasteiger partial charge in [0.1, 0.15) is 5.82 Å². The van der Waals surface area contributed by atoms with E-state index >= 15 is 0 Å². The van der Waals surface area contributed by atoms with E-state index in [1.54, 1.807) is 12.5 Å². The lowest BCUT2D eigenvalue weighted by atomic mass is 10.2.